The van der Waals surface area contributed by atoms with Crippen LogP contribution in [0.2, 0.25) is 0 Å². The molecule has 3 aromatic rings. The molecule has 0 bridgehead atoms. The van der Waals surface area contributed by atoms with E-state index in [1.807, 2.05) is 50.2 Å². The number of carbonyl (C=O) groups excluding carboxylic acids is 2. The minimum Gasteiger partial charge on any atom is -0.491 e. The van der Waals surface area contributed by atoms with Gasteiger partial charge in [-0.3, -0.25) is 0 Å². The van der Waals surface area contributed by atoms with E-state index in [0.29, 0.717) is 35.5 Å². The molecule has 0 fully saturated rings. The maximum Gasteiger partial charge on any atom is 0.333 e. The fourth-order valence-electron chi connectivity index (χ4n) is 5.91. The zero-order chi connectivity index (χ0) is 38.9. The number of benzene rings is 3. The lowest BCUT2D eigenvalue weighted by atomic mass is 9.73. The molecule has 0 spiro atoms. The first kappa shape index (κ1) is 42.0. The number of rotatable bonds is 19. The molecule has 3 aromatic carbocycles. The Morgan fingerprint density at radius 2 is 1.21 bits per heavy atom. The third-order valence-corrected chi connectivity index (χ3v) is 9.70. The van der Waals surface area contributed by atoms with E-state index < -0.39 is 35.9 Å². The second-order valence-corrected chi connectivity index (χ2v) is 15.2. The maximum absolute atomic E-state index is 11.7. The monoisotopic (exact) mass is 714 g/mol. The van der Waals surface area contributed by atoms with E-state index in [2.05, 4.69) is 77.3 Å². The standard InChI is InChI=1S/C44H58O8/c1-12-44(11,26-37(46)28-50-40(47)29(2)3)52-39-22-18-33(19-23-39)43(9,10)35-15-13-14-34(25-35)42(7,8)32-16-20-38(21-17-32)49-27-36(45)24-31(6)51-41(48)30(4)5/h13-23,25,31,36-37,45-46H,2,4,12,24,26-28H2,1,3,5-11H3. The summed E-state index contributed by atoms with van der Waals surface area (Å²) >= 11 is 0. The highest BCUT2D eigenvalue weighted by Gasteiger charge is 2.31. The molecule has 2 N–H and O–H groups in total. The smallest absolute Gasteiger partial charge is 0.333 e. The van der Waals surface area contributed by atoms with E-state index >= 15 is 0 Å². The molecular weight excluding hydrogens is 656 g/mol. The van der Waals surface area contributed by atoms with Crippen molar-refractivity contribution in [3.8, 4) is 11.5 Å². The van der Waals surface area contributed by atoms with Gasteiger partial charge in [-0.05, 0) is 80.6 Å². The van der Waals surface area contributed by atoms with Gasteiger partial charge < -0.3 is 29.2 Å². The molecular formula is C44H58O8. The SMILES string of the molecule is C=C(C)C(=O)OCC(O)CC(C)(CC)Oc1ccc(C(C)(C)c2cccc(C(C)(C)c3ccc(OCC(O)CC(C)OC(=O)C(=C)C)cc3)c2)cc1. The van der Waals surface area contributed by atoms with Crippen LogP contribution in [0.15, 0.2) is 97.1 Å². The number of aliphatic hydroxyl groups excluding tert-OH is 2. The Kier molecular flexibility index (Phi) is 14.5. The van der Waals surface area contributed by atoms with Crippen molar-refractivity contribution < 1.29 is 38.7 Å². The summed E-state index contributed by atoms with van der Waals surface area (Å²) in [6.45, 7) is 24.8. The summed E-state index contributed by atoms with van der Waals surface area (Å²) in [6, 6.07) is 24.7. The van der Waals surface area contributed by atoms with Gasteiger partial charge >= 0.3 is 11.9 Å². The van der Waals surface area contributed by atoms with Crippen molar-refractivity contribution >= 4 is 11.9 Å². The minimum atomic E-state index is -0.866. The van der Waals surface area contributed by atoms with Crippen LogP contribution in [0.4, 0.5) is 0 Å². The Balaban J connectivity index is 1.66. The van der Waals surface area contributed by atoms with Crippen molar-refractivity contribution in [1.29, 1.82) is 0 Å². The highest BCUT2D eigenvalue weighted by Crippen LogP contribution is 2.38. The first-order valence-electron chi connectivity index (χ1n) is 18.0. The summed E-state index contributed by atoms with van der Waals surface area (Å²) in [4.78, 5) is 23.5. The molecule has 3 rings (SSSR count). The number of carbonyl (C=O) groups is 2. The van der Waals surface area contributed by atoms with E-state index in [-0.39, 0.29) is 30.5 Å². The minimum absolute atomic E-state index is 0.0811. The van der Waals surface area contributed by atoms with Crippen LogP contribution in [0, 0.1) is 0 Å². The van der Waals surface area contributed by atoms with E-state index in [9.17, 15) is 19.8 Å². The third-order valence-electron chi connectivity index (χ3n) is 9.70. The molecule has 0 saturated carbocycles. The molecule has 0 aromatic heterocycles. The highest BCUT2D eigenvalue weighted by atomic mass is 16.5. The first-order valence-corrected chi connectivity index (χ1v) is 18.0. The predicted molar refractivity (Wildman–Crippen MR) is 206 cm³/mol. The summed E-state index contributed by atoms with van der Waals surface area (Å²) < 4.78 is 22.6. The lowest BCUT2D eigenvalue weighted by Gasteiger charge is -2.33. The third kappa shape index (κ3) is 11.6. The van der Waals surface area contributed by atoms with Crippen LogP contribution in [-0.4, -0.2) is 59.3 Å². The number of esters is 2. The van der Waals surface area contributed by atoms with Crippen molar-refractivity contribution in [3.05, 3.63) is 119 Å². The number of hydrogen-bond donors (Lipinski definition) is 2. The van der Waals surface area contributed by atoms with Crippen molar-refractivity contribution in [1.82, 2.24) is 0 Å². The summed E-state index contributed by atoms with van der Waals surface area (Å²) in [6.07, 6.45) is -0.895. The lowest BCUT2D eigenvalue weighted by Crippen LogP contribution is -2.37. The predicted octanol–water partition coefficient (Wildman–Crippen LogP) is 8.39. The van der Waals surface area contributed by atoms with E-state index in [1.165, 1.54) is 11.1 Å². The van der Waals surface area contributed by atoms with Crippen LogP contribution in [0.3, 0.4) is 0 Å². The van der Waals surface area contributed by atoms with Crippen LogP contribution in [0.1, 0.15) is 104 Å². The zero-order valence-corrected chi connectivity index (χ0v) is 32.5. The Hall–Kier alpha value is -4.40. The molecule has 0 saturated heterocycles. The van der Waals surface area contributed by atoms with Crippen LogP contribution >= 0.6 is 0 Å². The van der Waals surface area contributed by atoms with E-state index in [4.69, 9.17) is 18.9 Å². The second kappa shape index (κ2) is 17.9. The second-order valence-electron chi connectivity index (χ2n) is 15.2. The van der Waals surface area contributed by atoms with Crippen molar-refractivity contribution in [3.63, 3.8) is 0 Å². The lowest BCUT2D eigenvalue weighted by molar-refractivity contribution is -0.145. The molecule has 4 unspecified atom stereocenters. The molecule has 8 nitrogen and oxygen atoms in total. The average Bonchev–Trinajstić information content (AvgIpc) is 3.09. The molecule has 282 valence electrons. The van der Waals surface area contributed by atoms with Crippen LogP contribution in [0.25, 0.3) is 0 Å². The van der Waals surface area contributed by atoms with Gasteiger partial charge in [0.25, 0.3) is 0 Å². The van der Waals surface area contributed by atoms with E-state index in [0.717, 1.165) is 11.1 Å². The van der Waals surface area contributed by atoms with Gasteiger partial charge in [0.15, 0.2) is 0 Å². The zero-order valence-electron chi connectivity index (χ0n) is 32.5. The molecule has 52 heavy (non-hydrogen) atoms. The van der Waals surface area contributed by atoms with Crippen LogP contribution < -0.4 is 9.47 Å². The van der Waals surface area contributed by atoms with Crippen LogP contribution in [-0.2, 0) is 29.9 Å². The molecule has 8 heteroatoms. The summed E-state index contributed by atoms with van der Waals surface area (Å²) in [5.41, 5.74) is 3.95. The topological polar surface area (TPSA) is 112 Å². The maximum atomic E-state index is 11.7. The quantitative estimate of drug-likeness (QED) is 0.0941. The van der Waals surface area contributed by atoms with Crippen LogP contribution in [0.5, 0.6) is 11.5 Å². The van der Waals surface area contributed by atoms with Gasteiger partial charge in [0.1, 0.15) is 36.4 Å². The van der Waals surface area contributed by atoms with Gasteiger partial charge in [0.05, 0.1) is 12.2 Å². The van der Waals surface area contributed by atoms with Gasteiger partial charge in [-0.1, -0.05) is 96.3 Å². The van der Waals surface area contributed by atoms with Gasteiger partial charge in [-0.15, -0.1) is 0 Å². The van der Waals surface area contributed by atoms with Gasteiger partial charge in [0, 0.05) is 34.8 Å². The number of ether oxygens (including phenoxy) is 4. The normalized spacial score (nSPS) is 14.7. The summed E-state index contributed by atoms with van der Waals surface area (Å²) in [5, 5.41) is 21.0. The molecule has 0 amide bonds. The van der Waals surface area contributed by atoms with Crippen molar-refractivity contribution in [2.45, 2.75) is 116 Å². The fraction of sp³-hybridized carbons (Fsp3) is 0.455. The summed E-state index contributed by atoms with van der Waals surface area (Å²) in [7, 11) is 0. The van der Waals surface area contributed by atoms with Crippen molar-refractivity contribution in [2.75, 3.05) is 13.2 Å². The average molecular weight is 715 g/mol. The Morgan fingerprint density at radius 1 is 0.712 bits per heavy atom. The Morgan fingerprint density at radius 3 is 1.69 bits per heavy atom. The molecule has 0 aliphatic rings. The Labute approximate surface area is 310 Å². The van der Waals surface area contributed by atoms with Gasteiger partial charge in [-0.2, -0.15) is 0 Å². The number of hydrogen-bond acceptors (Lipinski definition) is 8. The first-order chi connectivity index (χ1) is 24.3. The molecule has 0 radical (unpaired) electrons. The van der Waals surface area contributed by atoms with Crippen molar-refractivity contribution in [2.24, 2.45) is 0 Å². The Bertz CT molecular complexity index is 1670. The number of aliphatic hydroxyl groups is 2. The fourth-order valence-corrected chi connectivity index (χ4v) is 5.91. The molecule has 0 aliphatic heterocycles. The molecule has 0 aliphatic carbocycles. The molecule has 4 atom stereocenters. The van der Waals surface area contributed by atoms with Gasteiger partial charge in [0.2, 0.25) is 0 Å². The van der Waals surface area contributed by atoms with Gasteiger partial charge in [-0.25, -0.2) is 9.59 Å². The largest absolute Gasteiger partial charge is 0.491 e. The van der Waals surface area contributed by atoms with E-state index in [1.54, 1.807) is 20.8 Å². The summed E-state index contributed by atoms with van der Waals surface area (Å²) in [5.74, 6) is 0.353. The highest BCUT2D eigenvalue weighted by molar-refractivity contribution is 5.87. The molecule has 0 heterocycles.